The van der Waals surface area contributed by atoms with Crippen LogP contribution in [0.15, 0.2) is 24.3 Å². The number of aromatic nitrogens is 2. The summed E-state index contributed by atoms with van der Waals surface area (Å²) in [4.78, 5) is 10.7. The molecule has 1 aromatic heterocycles. The zero-order valence-corrected chi connectivity index (χ0v) is 13.6. The maximum Gasteiger partial charge on any atom is 0.212 e. The van der Waals surface area contributed by atoms with Gasteiger partial charge in [-0.25, -0.2) is 8.78 Å². The van der Waals surface area contributed by atoms with Crippen LogP contribution in [0.3, 0.4) is 0 Å². The van der Waals surface area contributed by atoms with E-state index in [0.717, 1.165) is 42.5 Å². The van der Waals surface area contributed by atoms with Crippen LogP contribution >= 0.6 is 0 Å². The predicted octanol–water partition coefficient (Wildman–Crippen LogP) is 4.18. The lowest BCUT2D eigenvalue weighted by Gasteiger charge is -2.26. The summed E-state index contributed by atoms with van der Waals surface area (Å²) in [6.45, 7) is 0. The Labute approximate surface area is 139 Å². The Kier molecular flexibility index (Phi) is 4.92. The minimum atomic E-state index is -0.417. The van der Waals surface area contributed by atoms with Crippen molar-refractivity contribution in [1.82, 2.24) is 9.78 Å². The number of aryl methyl sites for hydroxylation is 1. The summed E-state index contributed by atoms with van der Waals surface area (Å²) in [5.41, 5.74) is 2.94. The molecule has 2 saturated carbocycles. The Morgan fingerprint density at radius 1 is 1.21 bits per heavy atom. The third-order valence-corrected chi connectivity index (χ3v) is 4.42. The SMILES string of the molecule is Cn1nc(NC=O)c(C2CCC2)c1-c1ccc(F)cc1.FC1CC1. The fourth-order valence-electron chi connectivity index (χ4n) is 2.80. The van der Waals surface area contributed by atoms with Crippen molar-refractivity contribution in [3.8, 4) is 11.3 Å². The molecule has 1 heterocycles. The van der Waals surface area contributed by atoms with Crippen molar-refractivity contribution < 1.29 is 13.6 Å². The van der Waals surface area contributed by atoms with Crippen molar-refractivity contribution in [2.45, 2.75) is 44.2 Å². The molecule has 0 saturated heterocycles. The lowest BCUT2D eigenvalue weighted by Crippen LogP contribution is -2.12. The number of halogens is 2. The van der Waals surface area contributed by atoms with Gasteiger partial charge in [-0.2, -0.15) is 5.10 Å². The normalized spacial score (nSPS) is 16.8. The van der Waals surface area contributed by atoms with Crippen LogP contribution in [-0.2, 0) is 11.8 Å². The van der Waals surface area contributed by atoms with Crippen LogP contribution in [0, 0.1) is 5.82 Å². The number of anilines is 1. The van der Waals surface area contributed by atoms with Crippen LogP contribution in [0.25, 0.3) is 11.3 Å². The molecule has 0 spiro atoms. The van der Waals surface area contributed by atoms with Crippen molar-refractivity contribution >= 4 is 12.2 Å². The number of amides is 1. The summed E-state index contributed by atoms with van der Waals surface area (Å²) >= 11 is 0. The van der Waals surface area contributed by atoms with Gasteiger partial charge in [0.05, 0.1) is 5.69 Å². The minimum absolute atomic E-state index is 0.257. The fraction of sp³-hybridized carbons (Fsp3) is 0.444. The molecular weight excluding hydrogens is 312 g/mol. The Morgan fingerprint density at radius 2 is 1.83 bits per heavy atom. The number of hydrogen-bond donors (Lipinski definition) is 1. The van der Waals surface area contributed by atoms with E-state index in [9.17, 15) is 13.6 Å². The fourth-order valence-corrected chi connectivity index (χ4v) is 2.80. The monoisotopic (exact) mass is 333 g/mol. The molecule has 128 valence electrons. The second-order valence-electron chi connectivity index (χ2n) is 6.31. The number of nitrogens with zero attached hydrogens (tertiary/aromatic N) is 2. The lowest BCUT2D eigenvalue weighted by molar-refractivity contribution is -0.105. The molecular formula is C18H21F2N3O. The van der Waals surface area contributed by atoms with Crippen LogP contribution in [0.5, 0.6) is 0 Å². The highest BCUT2D eigenvalue weighted by Crippen LogP contribution is 2.44. The molecule has 0 radical (unpaired) electrons. The Hall–Kier alpha value is -2.24. The van der Waals surface area contributed by atoms with Crippen LogP contribution < -0.4 is 5.32 Å². The maximum absolute atomic E-state index is 13.1. The van der Waals surface area contributed by atoms with Crippen molar-refractivity contribution in [3.63, 3.8) is 0 Å². The molecule has 1 aromatic carbocycles. The summed E-state index contributed by atoms with van der Waals surface area (Å²) in [5.74, 6) is 0.782. The minimum Gasteiger partial charge on any atom is -0.312 e. The topological polar surface area (TPSA) is 46.9 Å². The number of alkyl halides is 1. The van der Waals surface area contributed by atoms with Gasteiger partial charge in [0.1, 0.15) is 12.0 Å². The summed E-state index contributed by atoms with van der Waals surface area (Å²) in [5, 5.41) is 7.06. The Bertz CT molecular complexity index is 704. The smallest absolute Gasteiger partial charge is 0.212 e. The molecule has 24 heavy (non-hydrogen) atoms. The van der Waals surface area contributed by atoms with Crippen LogP contribution in [0.1, 0.15) is 43.6 Å². The number of nitrogens with one attached hydrogen (secondary N) is 1. The number of rotatable bonds is 4. The molecule has 2 aromatic rings. The van der Waals surface area contributed by atoms with E-state index in [0.29, 0.717) is 18.1 Å². The molecule has 0 bridgehead atoms. The second-order valence-corrected chi connectivity index (χ2v) is 6.31. The van der Waals surface area contributed by atoms with E-state index in [2.05, 4.69) is 10.4 Å². The van der Waals surface area contributed by atoms with Gasteiger partial charge in [0.2, 0.25) is 6.41 Å². The van der Waals surface area contributed by atoms with Gasteiger partial charge in [0.15, 0.2) is 5.82 Å². The van der Waals surface area contributed by atoms with Crippen molar-refractivity contribution in [2.75, 3.05) is 5.32 Å². The molecule has 0 aliphatic heterocycles. The van der Waals surface area contributed by atoms with E-state index in [1.54, 1.807) is 16.8 Å². The highest BCUT2D eigenvalue weighted by Gasteiger charge is 2.29. The number of benzene rings is 1. The van der Waals surface area contributed by atoms with Gasteiger partial charge in [0, 0.05) is 18.2 Å². The maximum atomic E-state index is 13.1. The summed E-state index contributed by atoms with van der Waals surface area (Å²) < 4.78 is 26.0. The third kappa shape index (κ3) is 3.63. The first-order valence-electron chi connectivity index (χ1n) is 8.27. The van der Waals surface area contributed by atoms with Gasteiger partial charge >= 0.3 is 0 Å². The van der Waals surface area contributed by atoms with Crippen molar-refractivity contribution in [3.05, 3.63) is 35.6 Å². The first-order chi connectivity index (χ1) is 11.6. The van der Waals surface area contributed by atoms with E-state index in [-0.39, 0.29) is 5.82 Å². The van der Waals surface area contributed by atoms with Crippen LogP contribution in [0.2, 0.25) is 0 Å². The number of hydrogen-bond acceptors (Lipinski definition) is 2. The zero-order valence-electron chi connectivity index (χ0n) is 13.6. The molecule has 6 heteroatoms. The second kappa shape index (κ2) is 7.11. The highest BCUT2D eigenvalue weighted by molar-refractivity contribution is 5.78. The van der Waals surface area contributed by atoms with E-state index in [1.807, 2.05) is 7.05 Å². The molecule has 2 fully saturated rings. The van der Waals surface area contributed by atoms with E-state index in [1.165, 1.54) is 18.6 Å². The third-order valence-electron chi connectivity index (χ3n) is 4.42. The molecule has 0 atom stereocenters. The largest absolute Gasteiger partial charge is 0.312 e. The van der Waals surface area contributed by atoms with E-state index in [4.69, 9.17) is 0 Å². The van der Waals surface area contributed by atoms with Crippen molar-refractivity contribution in [1.29, 1.82) is 0 Å². The molecule has 2 aliphatic rings. The van der Waals surface area contributed by atoms with Gasteiger partial charge in [-0.05, 0) is 55.9 Å². The number of carbonyl (C=O) groups excluding carboxylic acids is 1. The van der Waals surface area contributed by atoms with Gasteiger partial charge < -0.3 is 5.32 Å². The van der Waals surface area contributed by atoms with Crippen LogP contribution in [-0.4, -0.2) is 22.4 Å². The quantitative estimate of drug-likeness (QED) is 0.853. The standard InChI is InChI=1S/C15H16FN3O.C3H5F/c1-19-14(11-5-7-12(16)8-6-11)13(10-3-2-4-10)15(18-19)17-9-20;4-3-1-2-3/h5-10H,2-4H2,1H3,(H,17,18,20);3H,1-2H2. The Morgan fingerprint density at radius 3 is 2.29 bits per heavy atom. The highest BCUT2D eigenvalue weighted by atomic mass is 19.1. The lowest BCUT2D eigenvalue weighted by atomic mass is 9.79. The molecule has 1 amide bonds. The molecule has 4 rings (SSSR count). The molecule has 0 unspecified atom stereocenters. The average Bonchev–Trinajstić information content (AvgIpc) is 3.22. The van der Waals surface area contributed by atoms with E-state index >= 15 is 0 Å². The van der Waals surface area contributed by atoms with E-state index < -0.39 is 6.17 Å². The van der Waals surface area contributed by atoms with Gasteiger partial charge in [0.25, 0.3) is 0 Å². The first-order valence-corrected chi connectivity index (χ1v) is 8.27. The molecule has 4 nitrogen and oxygen atoms in total. The summed E-state index contributed by atoms with van der Waals surface area (Å²) in [6.07, 6.45) is 5.28. The predicted molar refractivity (Wildman–Crippen MR) is 89.0 cm³/mol. The van der Waals surface area contributed by atoms with Crippen LogP contribution in [0.4, 0.5) is 14.6 Å². The summed E-state index contributed by atoms with van der Waals surface area (Å²) in [7, 11) is 1.84. The average molecular weight is 333 g/mol. The molecule has 2 aliphatic carbocycles. The zero-order chi connectivity index (χ0) is 17.1. The Balaban J connectivity index is 0.000000370. The van der Waals surface area contributed by atoms with Gasteiger partial charge in [-0.3, -0.25) is 9.48 Å². The van der Waals surface area contributed by atoms with Gasteiger partial charge in [-0.1, -0.05) is 6.42 Å². The molecule has 1 N–H and O–H groups in total. The summed E-state index contributed by atoms with van der Waals surface area (Å²) in [6, 6.07) is 6.39. The number of carbonyl (C=O) groups is 1. The first kappa shape index (κ1) is 16.6. The van der Waals surface area contributed by atoms with Crippen molar-refractivity contribution in [2.24, 2.45) is 7.05 Å². The van der Waals surface area contributed by atoms with Gasteiger partial charge in [-0.15, -0.1) is 0 Å².